The second-order valence-corrected chi connectivity index (χ2v) is 3.71. The summed E-state index contributed by atoms with van der Waals surface area (Å²) in [6.07, 6.45) is 0. The summed E-state index contributed by atoms with van der Waals surface area (Å²) in [4.78, 5) is 0. The van der Waals surface area contributed by atoms with Crippen LogP contribution in [0.4, 0.5) is 17.3 Å². The Morgan fingerprint density at radius 2 is 1.70 bits per heavy atom. The van der Waals surface area contributed by atoms with Gasteiger partial charge in [-0.05, 0) is 6.07 Å². The zero-order valence-corrected chi connectivity index (χ0v) is 14.5. The number of ether oxygens (including phenoxy) is 3. The predicted octanol–water partition coefficient (Wildman–Crippen LogP) is -1.07. The molecule has 3 nitrogen and oxygen atoms in total. The number of hydrogen-bond acceptors (Lipinski definition) is 3. The third-order valence-electron chi connectivity index (χ3n) is 2.25. The molecule has 1 aromatic carbocycles. The van der Waals surface area contributed by atoms with Crippen LogP contribution in [0.2, 0.25) is 0 Å². The van der Waals surface area contributed by atoms with Crippen LogP contribution < -0.4 is 61.6 Å². The van der Waals surface area contributed by atoms with Crippen molar-refractivity contribution in [2.75, 3.05) is 33.5 Å². The predicted molar refractivity (Wildman–Crippen MR) is 63.3 cm³/mol. The minimum Gasteiger partial charge on any atom is -0.494 e. The summed E-state index contributed by atoms with van der Waals surface area (Å²) in [6.45, 7) is -4.52. The van der Waals surface area contributed by atoms with E-state index in [2.05, 4.69) is 0 Å². The van der Waals surface area contributed by atoms with Gasteiger partial charge in [-0.2, -0.15) is 0 Å². The molecule has 0 aliphatic heterocycles. The van der Waals surface area contributed by atoms with E-state index in [-0.39, 0.29) is 64.6 Å². The standard InChI is InChI=1S/C11H14BF4O3.K/c1-17-4-5-18-6-7-19-11-8-9(13)2-3-10(11)12(14,15)16;/h2-3,8H,4-7H2,1H3;/q-1;+1. The maximum atomic E-state index is 12.9. The fraction of sp³-hybridized carbons (Fsp3) is 0.455. The second kappa shape index (κ2) is 10.1. The van der Waals surface area contributed by atoms with Crippen molar-refractivity contribution in [3.05, 3.63) is 24.0 Å². The molecule has 0 spiro atoms. The van der Waals surface area contributed by atoms with E-state index in [0.717, 1.165) is 12.1 Å². The van der Waals surface area contributed by atoms with Crippen LogP contribution in [0.3, 0.4) is 0 Å². The maximum Gasteiger partial charge on any atom is 1.00 e. The van der Waals surface area contributed by atoms with Crippen molar-refractivity contribution in [2.45, 2.75) is 0 Å². The Balaban J connectivity index is 0.00000361. The first-order valence-electron chi connectivity index (χ1n) is 5.64. The molecule has 0 radical (unpaired) electrons. The van der Waals surface area contributed by atoms with E-state index < -0.39 is 24.0 Å². The van der Waals surface area contributed by atoms with Crippen molar-refractivity contribution in [3.8, 4) is 5.75 Å². The number of benzene rings is 1. The molecule has 0 bridgehead atoms. The molecule has 0 aliphatic carbocycles. The molecular formula is C11H14BF4KO3. The molecule has 0 aromatic heterocycles. The average Bonchev–Trinajstić information content (AvgIpc) is 2.32. The Morgan fingerprint density at radius 1 is 1.05 bits per heavy atom. The quantitative estimate of drug-likeness (QED) is 0.347. The third kappa shape index (κ3) is 7.39. The van der Waals surface area contributed by atoms with E-state index in [0.29, 0.717) is 19.3 Å². The van der Waals surface area contributed by atoms with Crippen LogP contribution in [0, 0.1) is 5.82 Å². The number of methoxy groups -OCH3 is 1. The number of hydrogen-bond donors (Lipinski definition) is 0. The van der Waals surface area contributed by atoms with Crippen molar-refractivity contribution in [3.63, 3.8) is 0 Å². The molecule has 0 amide bonds. The number of halogens is 4. The van der Waals surface area contributed by atoms with Crippen LogP contribution in [0.15, 0.2) is 18.2 Å². The maximum absolute atomic E-state index is 12.9. The van der Waals surface area contributed by atoms with Gasteiger partial charge in [0.15, 0.2) is 0 Å². The first-order valence-corrected chi connectivity index (χ1v) is 5.64. The Hall–Kier alpha value is 0.361. The fourth-order valence-electron chi connectivity index (χ4n) is 1.36. The van der Waals surface area contributed by atoms with Gasteiger partial charge in [0.1, 0.15) is 12.4 Å². The van der Waals surface area contributed by atoms with Crippen molar-refractivity contribution in [1.29, 1.82) is 0 Å². The summed E-state index contributed by atoms with van der Waals surface area (Å²) in [5.41, 5.74) is -0.946. The van der Waals surface area contributed by atoms with Crippen molar-refractivity contribution in [1.82, 2.24) is 0 Å². The first-order chi connectivity index (χ1) is 8.95. The molecular weight excluding hydrogens is 306 g/mol. The fourth-order valence-corrected chi connectivity index (χ4v) is 1.36. The normalized spacial score (nSPS) is 11.1. The van der Waals surface area contributed by atoms with Gasteiger partial charge in [-0.15, -0.1) is 0 Å². The summed E-state index contributed by atoms with van der Waals surface area (Å²) in [5, 5.41) is 0. The molecule has 108 valence electrons. The molecule has 0 fully saturated rings. The van der Waals surface area contributed by atoms with Crippen molar-refractivity contribution >= 4 is 12.4 Å². The molecule has 9 heteroatoms. The van der Waals surface area contributed by atoms with Crippen LogP contribution in [-0.2, 0) is 9.47 Å². The molecule has 1 rings (SSSR count). The van der Waals surface area contributed by atoms with Gasteiger partial charge in [0, 0.05) is 13.2 Å². The van der Waals surface area contributed by atoms with Gasteiger partial charge in [0.25, 0.3) is 0 Å². The second-order valence-electron chi connectivity index (χ2n) is 3.71. The summed E-state index contributed by atoms with van der Waals surface area (Å²) in [7, 11) is 1.50. The van der Waals surface area contributed by atoms with Crippen LogP contribution in [0.1, 0.15) is 0 Å². The Kier molecular flexibility index (Phi) is 10.3. The van der Waals surface area contributed by atoms with Gasteiger partial charge in [0.05, 0.1) is 25.6 Å². The molecule has 0 unspecified atom stereocenters. The molecule has 0 heterocycles. The zero-order valence-electron chi connectivity index (χ0n) is 11.4. The van der Waals surface area contributed by atoms with Crippen molar-refractivity contribution < 1.29 is 82.9 Å². The van der Waals surface area contributed by atoms with Gasteiger partial charge < -0.3 is 27.2 Å². The Morgan fingerprint density at radius 3 is 2.30 bits per heavy atom. The Labute approximate surface area is 157 Å². The van der Waals surface area contributed by atoms with Gasteiger partial charge >= 0.3 is 58.4 Å². The van der Waals surface area contributed by atoms with Gasteiger partial charge in [0.2, 0.25) is 0 Å². The van der Waals surface area contributed by atoms with Crippen LogP contribution in [0.5, 0.6) is 5.75 Å². The molecule has 1 aromatic rings. The van der Waals surface area contributed by atoms with Crippen LogP contribution >= 0.6 is 0 Å². The Bertz CT molecular complexity index is 404. The van der Waals surface area contributed by atoms with E-state index in [1.54, 1.807) is 0 Å². The molecule has 0 saturated heterocycles. The SMILES string of the molecule is COCCOCCOc1cc(F)ccc1[B-](F)(F)F.[K+]. The molecule has 20 heavy (non-hydrogen) atoms. The summed E-state index contributed by atoms with van der Waals surface area (Å²) < 4.78 is 65.6. The van der Waals surface area contributed by atoms with E-state index in [9.17, 15) is 17.3 Å². The monoisotopic (exact) mass is 320 g/mol. The van der Waals surface area contributed by atoms with Gasteiger partial charge in [-0.25, -0.2) is 4.39 Å². The van der Waals surface area contributed by atoms with Crippen LogP contribution in [-0.4, -0.2) is 40.5 Å². The average molecular weight is 320 g/mol. The summed E-state index contributed by atoms with van der Waals surface area (Å²) in [6, 6.07) is 2.16. The molecule has 0 atom stereocenters. The zero-order chi connectivity index (χ0) is 14.3. The molecule has 0 N–H and O–H groups in total. The van der Waals surface area contributed by atoms with Crippen molar-refractivity contribution in [2.24, 2.45) is 0 Å². The smallest absolute Gasteiger partial charge is 0.494 e. The van der Waals surface area contributed by atoms with Gasteiger partial charge in [-0.3, -0.25) is 0 Å². The minimum atomic E-state index is -5.24. The van der Waals surface area contributed by atoms with Crippen LogP contribution in [0.25, 0.3) is 0 Å². The largest absolute Gasteiger partial charge is 1.00 e. The van der Waals surface area contributed by atoms with Gasteiger partial charge in [-0.1, -0.05) is 11.5 Å². The third-order valence-corrected chi connectivity index (χ3v) is 2.25. The van der Waals surface area contributed by atoms with E-state index in [1.807, 2.05) is 0 Å². The number of rotatable bonds is 8. The van der Waals surface area contributed by atoms with E-state index in [4.69, 9.17) is 14.2 Å². The topological polar surface area (TPSA) is 27.7 Å². The summed E-state index contributed by atoms with van der Waals surface area (Å²) in [5.74, 6) is -1.29. The van der Waals surface area contributed by atoms with E-state index in [1.165, 1.54) is 7.11 Å². The first kappa shape index (κ1) is 20.4. The van der Waals surface area contributed by atoms with E-state index >= 15 is 0 Å². The minimum absolute atomic E-state index is 0. The molecule has 0 saturated carbocycles. The molecule has 0 aliphatic rings. The summed E-state index contributed by atoms with van der Waals surface area (Å²) >= 11 is 0.